The number of rotatable bonds is 11. The minimum absolute atomic E-state index is 0.117. The van der Waals surface area contributed by atoms with Gasteiger partial charge in [-0.25, -0.2) is 4.39 Å². The average Bonchev–Trinajstić information content (AvgIpc) is 2.74. The van der Waals surface area contributed by atoms with E-state index in [1.54, 1.807) is 23.1 Å². The van der Waals surface area contributed by atoms with Crippen LogP contribution in [0.3, 0.4) is 0 Å². The van der Waals surface area contributed by atoms with E-state index in [1.807, 2.05) is 44.2 Å². The van der Waals surface area contributed by atoms with Crippen molar-refractivity contribution in [2.24, 2.45) is 0 Å². The number of amides is 2. The third-order valence-corrected chi connectivity index (χ3v) is 5.54. The summed E-state index contributed by atoms with van der Waals surface area (Å²) in [6.45, 7) is 4.87. The predicted molar refractivity (Wildman–Crippen MR) is 117 cm³/mol. The van der Waals surface area contributed by atoms with Crippen molar-refractivity contribution >= 4 is 23.6 Å². The second-order valence-corrected chi connectivity index (χ2v) is 7.79. The Bertz CT molecular complexity index is 785. The SMILES string of the molecule is CCCNC(=O)C(CC)N(Cc1ccccc1)C(=O)CSCc1ccccc1F. The summed E-state index contributed by atoms with van der Waals surface area (Å²) in [7, 11) is 0. The number of halogens is 1. The van der Waals surface area contributed by atoms with E-state index in [2.05, 4.69) is 5.32 Å². The molecule has 0 bridgehead atoms. The molecule has 4 nitrogen and oxygen atoms in total. The van der Waals surface area contributed by atoms with Gasteiger partial charge >= 0.3 is 0 Å². The number of hydrogen-bond acceptors (Lipinski definition) is 3. The van der Waals surface area contributed by atoms with Crippen LogP contribution in [0, 0.1) is 5.82 Å². The molecule has 0 heterocycles. The molecule has 2 rings (SSSR count). The minimum atomic E-state index is -0.525. The van der Waals surface area contributed by atoms with Crippen LogP contribution >= 0.6 is 11.8 Å². The molecule has 29 heavy (non-hydrogen) atoms. The van der Waals surface area contributed by atoms with Crippen LogP contribution in [-0.4, -0.2) is 35.1 Å². The Hall–Kier alpha value is -2.34. The maximum atomic E-state index is 13.8. The van der Waals surface area contributed by atoms with E-state index < -0.39 is 6.04 Å². The summed E-state index contributed by atoms with van der Waals surface area (Å²) in [5.74, 6) is 0.0974. The first kappa shape index (κ1) is 22.9. The molecule has 1 atom stereocenters. The first-order valence-corrected chi connectivity index (χ1v) is 11.1. The highest BCUT2D eigenvalue weighted by Crippen LogP contribution is 2.18. The Balaban J connectivity index is 2.08. The lowest BCUT2D eigenvalue weighted by Crippen LogP contribution is -2.49. The van der Waals surface area contributed by atoms with Crippen LogP contribution in [0.25, 0.3) is 0 Å². The van der Waals surface area contributed by atoms with Gasteiger partial charge in [0, 0.05) is 18.8 Å². The lowest BCUT2D eigenvalue weighted by Gasteiger charge is -2.30. The highest BCUT2D eigenvalue weighted by Gasteiger charge is 2.28. The topological polar surface area (TPSA) is 49.4 Å². The molecule has 6 heteroatoms. The summed E-state index contributed by atoms with van der Waals surface area (Å²) >= 11 is 1.36. The molecule has 0 saturated heterocycles. The van der Waals surface area contributed by atoms with Gasteiger partial charge in [0.15, 0.2) is 0 Å². The molecule has 1 N–H and O–H groups in total. The normalized spacial score (nSPS) is 11.7. The van der Waals surface area contributed by atoms with Crippen molar-refractivity contribution in [3.05, 3.63) is 71.5 Å². The molecule has 0 radical (unpaired) electrons. The largest absolute Gasteiger partial charge is 0.354 e. The molecule has 0 aliphatic carbocycles. The van der Waals surface area contributed by atoms with Gasteiger partial charge in [0.1, 0.15) is 11.9 Å². The fraction of sp³-hybridized carbons (Fsp3) is 0.391. The predicted octanol–water partition coefficient (Wildman–Crippen LogP) is 4.39. The molecule has 156 valence electrons. The van der Waals surface area contributed by atoms with E-state index in [-0.39, 0.29) is 23.4 Å². The summed E-state index contributed by atoms with van der Waals surface area (Å²) < 4.78 is 13.8. The van der Waals surface area contributed by atoms with E-state index in [9.17, 15) is 14.0 Å². The van der Waals surface area contributed by atoms with Gasteiger partial charge in [-0.2, -0.15) is 0 Å². The molecular formula is C23H29FN2O2S. The van der Waals surface area contributed by atoms with E-state index in [0.29, 0.717) is 30.8 Å². The quantitative estimate of drug-likeness (QED) is 0.591. The zero-order valence-corrected chi connectivity index (χ0v) is 17.9. The Morgan fingerprint density at radius 2 is 1.76 bits per heavy atom. The maximum Gasteiger partial charge on any atom is 0.242 e. The Morgan fingerprint density at radius 1 is 1.07 bits per heavy atom. The molecular weight excluding hydrogens is 387 g/mol. The fourth-order valence-corrected chi connectivity index (χ4v) is 3.91. The molecule has 0 spiro atoms. The Morgan fingerprint density at radius 3 is 2.41 bits per heavy atom. The van der Waals surface area contributed by atoms with Crippen molar-refractivity contribution in [3.8, 4) is 0 Å². The zero-order chi connectivity index (χ0) is 21.1. The van der Waals surface area contributed by atoms with E-state index in [1.165, 1.54) is 17.8 Å². The lowest BCUT2D eigenvalue weighted by atomic mass is 10.1. The fourth-order valence-electron chi connectivity index (χ4n) is 3.01. The van der Waals surface area contributed by atoms with Crippen LogP contribution in [0.1, 0.15) is 37.8 Å². The van der Waals surface area contributed by atoms with Crippen molar-refractivity contribution < 1.29 is 14.0 Å². The Labute approximate surface area is 176 Å². The van der Waals surface area contributed by atoms with Crippen LogP contribution in [0.2, 0.25) is 0 Å². The smallest absolute Gasteiger partial charge is 0.242 e. The van der Waals surface area contributed by atoms with E-state index in [0.717, 1.165) is 12.0 Å². The summed E-state index contributed by atoms with van der Waals surface area (Å²) in [5.41, 5.74) is 1.55. The van der Waals surface area contributed by atoms with Gasteiger partial charge in [-0.3, -0.25) is 9.59 Å². The molecule has 0 saturated carbocycles. The van der Waals surface area contributed by atoms with Crippen molar-refractivity contribution in [1.29, 1.82) is 0 Å². The van der Waals surface area contributed by atoms with E-state index in [4.69, 9.17) is 0 Å². The van der Waals surface area contributed by atoms with Gasteiger partial charge in [0.2, 0.25) is 11.8 Å². The highest BCUT2D eigenvalue weighted by molar-refractivity contribution is 7.99. The molecule has 2 aromatic rings. The van der Waals surface area contributed by atoms with Crippen LogP contribution < -0.4 is 5.32 Å². The third-order valence-electron chi connectivity index (χ3n) is 4.57. The van der Waals surface area contributed by atoms with Crippen LogP contribution in [0.15, 0.2) is 54.6 Å². The number of nitrogens with zero attached hydrogens (tertiary/aromatic N) is 1. The van der Waals surface area contributed by atoms with Crippen molar-refractivity contribution in [1.82, 2.24) is 10.2 Å². The van der Waals surface area contributed by atoms with Gasteiger partial charge in [-0.15, -0.1) is 11.8 Å². The maximum absolute atomic E-state index is 13.8. The molecule has 2 amide bonds. The number of thioether (sulfide) groups is 1. The van der Waals surface area contributed by atoms with Crippen molar-refractivity contribution in [2.45, 2.75) is 45.0 Å². The first-order chi connectivity index (χ1) is 14.1. The van der Waals surface area contributed by atoms with Gasteiger partial charge in [0.05, 0.1) is 5.75 Å². The van der Waals surface area contributed by atoms with Gasteiger partial charge < -0.3 is 10.2 Å². The number of nitrogens with one attached hydrogen (secondary N) is 1. The van der Waals surface area contributed by atoms with Gasteiger partial charge in [-0.05, 0) is 30.0 Å². The minimum Gasteiger partial charge on any atom is -0.354 e. The van der Waals surface area contributed by atoms with Crippen LogP contribution in [0.4, 0.5) is 4.39 Å². The van der Waals surface area contributed by atoms with Crippen molar-refractivity contribution in [3.63, 3.8) is 0 Å². The highest BCUT2D eigenvalue weighted by atomic mass is 32.2. The number of carbonyl (C=O) groups excluding carboxylic acids is 2. The third kappa shape index (κ3) is 7.20. The molecule has 0 aliphatic rings. The second-order valence-electron chi connectivity index (χ2n) is 6.81. The molecule has 0 aliphatic heterocycles. The lowest BCUT2D eigenvalue weighted by molar-refractivity contribution is -0.139. The number of carbonyl (C=O) groups is 2. The monoisotopic (exact) mass is 416 g/mol. The standard InChI is InChI=1S/C23H29FN2O2S/c1-3-14-25-23(28)21(4-2)26(15-18-10-6-5-7-11-18)22(27)17-29-16-19-12-8-9-13-20(19)24/h5-13,21H,3-4,14-17H2,1-2H3,(H,25,28). The molecule has 1 unspecified atom stereocenters. The summed E-state index contributed by atoms with van der Waals surface area (Å²) in [5, 5.41) is 2.90. The average molecular weight is 417 g/mol. The molecule has 2 aromatic carbocycles. The number of hydrogen-bond donors (Lipinski definition) is 1. The van der Waals surface area contributed by atoms with Gasteiger partial charge in [-0.1, -0.05) is 62.4 Å². The Kier molecular flexibility index (Phi) is 9.71. The van der Waals surface area contributed by atoms with Crippen LogP contribution in [0.5, 0.6) is 0 Å². The first-order valence-electron chi connectivity index (χ1n) is 9.99. The summed E-state index contributed by atoms with van der Waals surface area (Å²) in [4.78, 5) is 27.3. The number of benzene rings is 2. The second kappa shape index (κ2) is 12.3. The zero-order valence-electron chi connectivity index (χ0n) is 17.1. The molecule has 0 aromatic heterocycles. The van der Waals surface area contributed by atoms with E-state index >= 15 is 0 Å². The van der Waals surface area contributed by atoms with Gasteiger partial charge in [0.25, 0.3) is 0 Å². The van der Waals surface area contributed by atoms with Crippen molar-refractivity contribution in [2.75, 3.05) is 12.3 Å². The summed E-state index contributed by atoms with van der Waals surface area (Å²) in [6, 6.07) is 15.7. The van der Waals surface area contributed by atoms with Crippen LogP contribution in [-0.2, 0) is 21.9 Å². The summed E-state index contributed by atoms with van der Waals surface area (Å²) in [6.07, 6.45) is 1.37. The molecule has 0 fully saturated rings.